The van der Waals surface area contributed by atoms with Crippen LogP contribution in [0.5, 0.6) is 0 Å². The molecule has 104 valence electrons. The number of rotatable bonds is 5. The van der Waals surface area contributed by atoms with E-state index >= 15 is 0 Å². The average Bonchev–Trinajstić information content (AvgIpc) is 3.29. The van der Waals surface area contributed by atoms with Crippen LogP contribution in [0.4, 0.5) is 0 Å². The molecule has 0 heterocycles. The first-order valence-electron chi connectivity index (χ1n) is 6.62. The van der Waals surface area contributed by atoms with Gasteiger partial charge in [0.25, 0.3) is 5.91 Å². The second-order valence-electron chi connectivity index (χ2n) is 4.66. The van der Waals surface area contributed by atoms with E-state index in [0.717, 1.165) is 12.8 Å². The molecule has 0 spiro atoms. The Morgan fingerprint density at radius 2 is 2.00 bits per heavy atom. The Kier molecular flexibility index (Phi) is 4.36. The fourth-order valence-corrected chi connectivity index (χ4v) is 1.95. The molecule has 0 radical (unpaired) electrons. The van der Waals surface area contributed by atoms with Crippen molar-refractivity contribution < 1.29 is 14.3 Å². The fraction of sp³-hybridized carbons (Fsp3) is 0.400. The zero-order valence-corrected chi connectivity index (χ0v) is 11.3. The van der Waals surface area contributed by atoms with Crippen LogP contribution >= 0.6 is 0 Å². The van der Waals surface area contributed by atoms with Gasteiger partial charge in [0.15, 0.2) is 0 Å². The van der Waals surface area contributed by atoms with Crippen LogP contribution in [0.1, 0.15) is 35.7 Å². The number of hydrogen-bond donors (Lipinski definition) is 0. The van der Waals surface area contributed by atoms with Gasteiger partial charge in [-0.2, -0.15) is 5.26 Å². The largest absolute Gasteiger partial charge is 0.465 e. The molecule has 1 saturated carbocycles. The molecule has 5 heteroatoms. The normalized spacial score (nSPS) is 13.4. The van der Waals surface area contributed by atoms with E-state index in [1.54, 1.807) is 36.1 Å². The summed E-state index contributed by atoms with van der Waals surface area (Å²) >= 11 is 0. The quantitative estimate of drug-likeness (QED) is 0.765. The van der Waals surface area contributed by atoms with E-state index in [4.69, 9.17) is 10.00 Å². The maximum atomic E-state index is 12.4. The van der Waals surface area contributed by atoms with Gasteiger partial charge in [0.1, 0.15) is 6.54 Å². The average molecular weight is 272 g/mol. The third-order valence-electron chi connectivity index (χ3n) is 3.11. The molecular formula is C15H16N2O3. The second kappa shape index (κ2) is 6.20. The molecule has 0 saturated heterocycles. The van der Waals surface area contributed by atoms with Crippen molar-refractivity contribution in [3.05, 3.63) is 35.4 Å². The van der Waals surface area contributed by atoms with Crippen LogP contribution in [0.2, 0.25) is 0 Å². The SMILES string of the molecule is CCOC(=O)CN(C(=O)c1ccc(C#N)cc1)C1CC1. The smallest absolute Gasteiger partial charge is 0.325 e. The Balaban J connectivity index is 2.10. The molecule has 1 aromatic carbocycles. The Bertz CT molecular complexity index is 541. The van der Waals surface area contributed by atoms with Gasteiger partial charge in [0.05, 0.1) is 18.2 Å². The molecule has 1 aliphatic carbocycles. The zero-order chi connectivity index (χ0) is 14.5. The maximum Gasteiger partial charge on any atom is 0.325 e. The van der Waals surface area contributed by atoms with Crippen molar-refractivity contribution in [3.8, 4) is 6.07 Å². The monoisotopic (exact) mass is 272 g/mol. The molecule has 1 amide bonds. The number of esters is 1. The summed E-state index contributed by atoms with van der Waals surface area (Å²) in [6, 6.07) is 8.56. The van der Waals surface area contributed by atoms with Crippen molar-refractivity contribution in [1.29, 1.82) is 5.26 Å². The van der Waals surface area contributed by atoms with Gasteiger partial charge in [-0.1, -0.05) is 0 Å². The minimum absolute atomic E-state index is 0.0165. The van der Waals surface area contributed by atoms with Crippen LogP contribution in [0, 0.1) is 11.3 Å². The molecule has 1 aromatic rings. The molecule has 20 heavy (non-hydrogen) atoms. The first kappa shape index (κ1) is 14.1. The highest BCUT2D eigenvalue weighted by molar-refractivity contribution is 5.96. The Hall–Kier alpha value is -2.35. The Morgan fingerprint density at radius 1 is 1.35 bits per heavy atom. The Labute approximate surface area is 117 Å². The lowest BCUT2D eigenvalue weighted by atomic mass is 10.1. The van der Waals surface area contributed by atoms with E-state index in [1.807, 2.05) is 6.07 Å². The molecule has 0 aliphatic heterocycles. The van der Waals surface area contributed by atoms with E-state index in [1.165, 1.54) is 0 Å². The van der Waals surface area contributed by atoms with Crippen molar-refractivity contribution in [1.82, 2.24) is 4.90 Å². The predicted octanol–water partition coefficient (Wildman–Crippen LogP) is 1.73. The van der Waals surface area contributed by atoms with Gasteiger partial charge in [0, 0.05) is 11.6 Å². The van der Waals surface area contributed by atoms with E-state index < -0.39 is 0 Å². The molecule has 0 unspecified atom stereocenters. The fourth-order valence-electron chi connectivity index (χ4n) is 1.95. The number of benzene rings is 1. The number of carbonyl (C=O) groups excluding carboxylic acids is 2. The van der Waals surface area contributed by atoms with Gasteiger partial charge in [-0.15, -0.1) is 0 Å². The van der Waals surface area contributed by atoms with Gasteiger partial charge >= 0.3 is 5.97 Å². The zero-order valence-electron chi connectivity index (χ0n) is 11.3. The summed E-state index contributed by atoms with van der Waals surface area (Å²) in [7, 11) is 0. The highest BCUT2D eigenvalue weighted by Crippen LogP contribution is 2.28. The molecule has 5 nitrogen and oxygen atoms in total. The van der Waals surface area contributed by atoms with E-state index in [2.05, 4.69) is 0 Å². The van der Waals surface area contributed by atoms with Crippen LogP contribution in [-0.4, -0.2) is 36.0 Å². The lowest BCUT2D eigenvalue weighted by molar-refractivity contribution is -0.144. The number of carbonyl (C=O) groups is 2. The van der Waals surface area contributed by atoms with Crippen LogP contribution in [-0.2, 0) is 9.53 Å². The Morgan fingerprint density at radius 3 is 2.50 bits per heavy atom. The van der Waals surface area contributed by atoms with Gasteiger partial charge in [0.2, 0.25) is 0 Å². The number of hydrogen-bond acceptors (Lipinski definition) is 4. The van der Waals surface area contributed by atoms with Crippen molar-refractivity contribution in [3.63, 3.8) is 0 Å². The van der Waals surface area contributed by atoms with Crippen LogP contribution in [0.25, 0.3) is 0 Å². The maximum absolute atomic E-state index is 12.4. The number of amides is 1. The molecule has 2 rings (SSSR count). The lowest BCUT2D eigenvalue weighted by Gasteiger charge is -2.21. The first-order valence-corrected chi connectivity index (χ1v) is 6.62. The first-order chi connectivity index (χ1) is 9.65. The summed E-state index contributed by atoms with van der Waals surface area (Å²) < 4.78 is 4.90. The van der Waals surface area contributed by atoms with Gasteiger partial charge in [-0.3, -0.25) is 9.59 Å². The lowest BCUT2D eigenvalue weighted by Crippen LogP contribution is -2.38. The standard InChI is InChI=1S/C15H16N2O3/c1-2-20-14(18)10-17(13-7-8-13)15(19)12-5-3-11(9-16)4-6-12/h3-6,13H,2,7-8,10H2,1H3. The van der Waals surface area contributed by atoms with Crippen molar-refractivity contribution in [2.75, 3.05) is 13.2 Å². The molecule has 0 bridgehead atoms. The van der Waals surface area contributed by atoms with Crippen LogP contribution < -0.4 is 0 Å². The minimum Gasteiger partial charge on any atom is -0.465 e. The third kappa shape index (κ3) is 3.35. The summed E-state index contributed by atoms with van der Waals surface area (Å²) in [5.41, 5.74) is 0.991. The van der Waals surface area contributed by atoms with Gasteiger partial charge in [-0.05, 0) is 44.0 Å². The number of nitrogens with zero attached hydrogens (tertiary/aromatic N) is 2. The van der Waals surface area contributed by atoms with Crippen molar-refractivity contribution >= 4 is 11.9 Å². The van der Waals surface area contributed by atoms with Crippen molar-refractivity contribution in [2.45, 2.75) is 25.8 Å². The van der Waals surface area contributed by atoms with Crippen LogP contribution in [0.15, 0.2) is 24.3 Å². The molecule has 1 fully saturated rings. The van der Waals surface area contributed by atoms with Crippen molar-refractivity contribution in [2.24, 2.45) is 0 Å². The number of ether oxygens (including phenoxy) is 1. The third-order valence-corrected chi connectivity index (χ3v) is 3.11. The highest BCUT2D eigenvalue weighted by Gasteiger charge is 2.34. The second-order valence-corrected chi connectivity index (χ2v) is 4.66. The van der Waals surface area contributed by atoms with Gasteiger partial charge in [-0.25, -0.2) is 0 Å². The molecule has 0 N–H and O–H groups in total. The number of nitriles is 1. The summed E-state index contributed by atoms with van der Waals surface area (Å²) in [6.45, 7) is 2.03. The summed E-state index contributed by atoms with van der Waals surface area (Å²) in [5, 5.41) is 8.75. The molecule has 1 aliphatic rings. The van der Waals surface area contributed by atoms with E-state index in [0.29, 0.717) is 17.7 Å². The summed E-state index contributed by atoms with van der Waals surface area (Å²) in [6.07, 6.45) is 1.84. The minimum atomic E-state index is -0.388. The highest BCUT2D eigenvalue weighted by atomic mass is 16.5. The predicted molar refractivity (Wildman–Crippen MR) is 71.8 cm³/mol. The van der Waals surface area contributed by atoms with Gasteiger partial charge < -0.3 is 9.64 Å². The van der Waals surface area contributed by atoms with E-state index in [-0.39, 0.29) is 24.5 Å². The summed E-state index contributed by atoms with van der Waals surface area (Å²) in [4.78, 5) is 25.5. The summed E-state index contributed by atoms with van der Waals surface area (Å²) in [5.74, 6) is -0.577. The molecular weight excluding hydrogens is 256 g/mol. The van der Waals surface area contributed by atoms with E-state index in [9.17, 15) is 9.59 Å². The topological polar surface area (TPSA) is 70.4 Å². The molecule has 0 aromatic heterocycles. The molecule has 0 atom stereocenters. The van der Waals surface area contributed by atoms with Crippen LogP contribution in [0.3, 0.4) is 0 Å².